The highest BCUT2D eigenvalue weighted by molar-refractivity contribution is 6.01. The number of nitrogens with zero attached hydrogens (tertiary/aromatic N) is 3. The molecule has 1 atom stereocenters. The molecular weight excluding hydrogens is 454 g/mol. The molecule has 1 aliphatic heterocycles. The molecule has 1 amide bonds. The molecule has 1 unspecified atom stereocenters. The number of nitrogens with one attached hydrogen (secondary N) is 1. The normalized spacial score (nSPS) is 18.5. The number of imidazole rings is 1. The maximum atomic E-state index is 13.3. The molecule has 35 heavy (non-hydrogen) atoms. The third-order valence-corrected chi connectivity index (χ3v) is 6.82. The number of halogens is 2. The molecule has 3 aromatic rings. The number of pyridine rings is 1. The summed E-state index contributed by atoms with van der Waals surface area (Å²) < 4.78 is 38.7. The van der Waals surface area contributed by atoms with Crippen molar-refractivity contribution in [2.24, 2.45) is 0 Å². The second-order valence-corrected chi connectivity index (χ2v) is 9.50. The minimum atomic E-state index is -3.08. The van der Waals surface area contributed by atoms with Gasteiger partial charge in [-0.05, 0) is 75.9 Å². The highest BCUT2D eigenvalue weighted by atomic mass is 19.3. The molecule has 186 valence electrons. The van der Waals surface area contributed by atoms with Crippen molar-refractivity contribution in [1.82, 2.24) is 19.6 Å². The van der Waals surface area contributed by atoms with E-state index in [2.05, 4.69) is 41.2 Å². The fraction of sp³-hybridized carbons (Fsp3) is 0.462. The number of fused-ring (bicyclic) bond motifs is 1. The summed E-state index contributed by atoms with van der Waals surface area (Å²) in [4.78, 5) is 19.9. The van der Waals surface area contributed by atoms with Gasteiger partial charge in [0.2, 0.25) is 0 Å². The second-order valence-electron chi connectivity index (χ2n) is 9.50. The van der Waals surface area contributed by atoms with E-state index in [9.17, 15) is 13.6 Å². The summed E-state index contributed by atoms with van der Waals surface area (Å²) in [5.41, 5.74) is 3.19. The first-order chi connectivity index (χ1) is 16.9. The van der Waals surface area contributed by atoms with Gasteiger partial charge < -0.3 is 14.8 Å². The van der Waals surface area contributed by atoms with Gasteiger partial charge in [0.15, 0.2) is 0 Å². The fourth-order valence-electron chi connectivity index (χ4n) is 4.98. The number of carbonyl (C=O) groups excluding carboxylic acids is 1. The van der Waals surface area contributed by atoms with Gasteiger partial charge >= 0.3 is 6.61 Å². The Morgan fingerprint density at radius 3 is 2.63 bits per heavy atom. The van der Waals surface area contributed by atoms with Crippen molar-refractivity contribution in [2.75, 3.05) is 13.7 Å². The maximum Gasteiger partial charge on any atom is 0.387 e. The number of rotatable bonds is 8. The molecule has 3 heterocycles. The van der Waals surface area contributed by atoms with Gasteiger partial charge in [-0.25, -0.2) is 4.98 Å². The quantitative estimate of drug-likeness (QED) is 0.485. The first-order valence-electron chi connectivity index (χ1n) is 12.1. The van der Waals surface area contributed by atoms with Crippen LogP contribution in [-0.2, 0) is 0 Å². The summed E-state index contributed by atoms with van der Waals surface area (Å²) in [5, 5.41) is 2.82. The van der Waals surface area contributed by atoms with Crippen LogP contribution in [0.1, 0.15) is 61.5 Å². The van der Waals surface area contributed by atoms with E-state index in [1.54, 1.807) is 12.3 Å². The highest BCUT2D eigenvalue weighted by Crippen LogP contribution is 2.38. The molecule has 0 bridgehead atoms. The van der Waals surface area contributed by atoms with Gasteiger partial charge in [0, 0.05) is 29.9 Å². The van der Waals surface area contributed by atoms with Crippen LogP contribution in [0.3, 0.4) is 0 Å². The summed E-state index contributed by atoms with van der Waals surface area (Å²) in [5.74, 6) is -0.542. The number of ether oxygens (including phenoxy) is 2. The Morgan fingerprint density at radius 2 is 1.94 bits per heavy atom. The van der Waals surface area contributed by atoms with E-state index in [1.807, 2.05) is 10.6 Å². The van der Waals surface area contributed by atoms with E-state index < -0.39 is 12.5 Å². The van der Waals surface area contributed by atoms with E-state index >= 15 is 0 Å². The maximum absolute atomic E-state index is 13.3. The fourth-order valence-corrected chi connectivity index (χ4v) is 4.98. The first-order valence-corrected chi connectivity index (χ1v) is 12.1. The monoisotopic (exact) mass is 484 g/mol. The predicted molar refractivity (Wildman–Crippen MR) is 128 cm³/mol. The molecule has 7 nitrogen and oxygen atoms in total. The van der Waals surface area contributed by atoms with Crippen LogP contribution in [0.25, 0.3) is 16.9 Å². The van der Waals surface area contributed by atoms with Crippen LogP contribution in [0.5, 0.6) is 11.5 Å². The van der Waals surface area contributed by atoms with Gasteiger partial charge in [0.25, 0.3) is 5.91 Å². The van der Waals surface area contributed by atoms with Crippen molar-refractivity contribution in [3.63, 3.8) is 0 Å². The lowest BCUT2D eigenvalue weighted by molar-refractivity contribution is -0.0502. The lowest BCUT2D eigenvalue weighted by Crippen LogP contribution is -2.30. The molecule has 1 saturated carbocycles. The average molecular weight is 485 g/mol. The second kappa shape index (κ2) is 9.45. The van der Waals surface area contributed by atoms with Gasteiger partial charge in [0.05, 0.1) is 19.0 Å². The highest BCUT2D eigenvalue weighted by Gasteiger charge is 2.30. The Morgan fingerprint density at radius 1 is 1.17 bits per heavy atom. The van der Waals surface area contributed by atoms with Crippen molar-refractivity contribution in [3.05, 3.63) is 47.8 Å². The number of carbonyl (C=O) groups is 1. The van der Waals surface area contributed by atoms with Crippen LogP contribution in [-0.4, -0.2) is 52.5 Å². The number of methoxy groups -OCH3 is 1. The molecule has 9 heteroatoms. The number of benzene rings is 1. The van der Waals surface area contributed by atoms with E-state index in [0.717, 1.165) is 31.5 Å². The van der Waals surface area contributed by atoms with Crippen LogP contribution < -0.4 is 14.8 Å². The zero-order valence-electron chi connectivity index (χ0n) is 20.1. The zero-order chi connectivity index (χ0) is 24.7. The Bertz CT molecular complexity index is 1240. The molecule has 2 aromatic heterocycles. The summed E-state index contributed by atoms with van der Waals surface area (Å²) in [6.45, 7) is 2.43. The van der Waals surface area contributed by atoms with Crippen LogP contribution in [0.15, 0.2) is 36.7 Å². The molecule has 2 fully saturated rings. The van der Waals surface area contributed by atoms with E-state index in [1.165, 1.54) is 25.2 Å². The van der Waals surface area contributed by atoms with Gasteiger partial charge in [-0.2, -0.15) is 8.78 Å². The molecular formula is C26H30F2N4O3. The summed E-state index contributed by atoms with van der Waals surface area (Å²) >= 11 is 0. The molecule has 1 aromatic carbocycles. The van der Waals surface area contributed by atoms with Crippen LogP contribution in [0.2, 0.25) is 0 Å². The number of alkyl halides is 2. The van der Waals surface area contributed by atoms with Crippen LogP contribution in [0.4, 0.5) is 8.78 Å². The Kier molecular flexibility index (Phi) is 6.35. The Labute approximate surface area is 203 Å². The molecule has 0 radical (unpaired) electrons. The number of hydrogen-bond donors (Lipinski definition) is 1. The summed E-state index contributed by atoms with van der Waals surface area (Å²) in [7, 11) is 1.40. The van der Waals surface area contributed by atoms with Crippen molar-refractivity contribution in [2.45, 2.75) is 64.3 Å². The predicted octanol–water partition coefficient (Wildman–Crippen LogP) is 5.05. The standard InChI is InChI=1S/C26H30F2N4O3/c1-15(2)31-9-4-5-19(31)16-8-10-32-20(14-29-23(32)13-16)17-11-21(34-3)24(22(12-17)35-26(27)28)25(33)30-18-6-7-18/h8,10-15,18-19,26H,4-7,9H2,1-3H3,(H,30,33). The minimum absolute atomic E-state index is 0.0328. The lowest BCUT2D eigenvalue weighted by Gasteiger charge is -2.28. The van der Waals surface area contributed by atoms with Crippen molar-refractivity contribution >= 4 is 11.6 Å². The third-order valence-electron chi connectivity index (χ3n) is 6.82. The minimum Gasteiger partial charge on any atom is -0.496 e. The van der Waals surface area contributed by atoms with Gasteiger partial charge in [0.1, 0.15) is 22.7 Å². The lowest BCUT2D eigenvalue weighted by atomic mass is 10.0. The molecule has 5 rings (SSSR count). The van der Waals surface area contributed by atoms with Crippen molar-refractivity contribution in [3.8, 4) is 22.8 Å². The number of likely N-dealkylation sites (tertiary alicyclic amines) is 1. The number of hydrogen-bond acceptors (Lipinski definition) is 5. The van der Waals surface area contributed by atoms with E-state index in [-0.39, 0.29) is 23.1 Å². The van der Waals surface area contributed by atoms with Crippen LogP contribution in [0, 0.1) is 0 Å². The van der Waals surface area contributed by atoms with Crippen molar-refractivity contribution < 1.29 is 23.0 Å². The molecule has 0 spiro atoms. The smallest absolute Gasteiger partial charge is 0.387 e. The average Bonchev–Trinajstić information content (AvgIpc) is 3.32. The van der Waals surface area contributed by atoms with Gasteiger partial charge in [-0.15, -0.1) is 0 Å². The van der Waals surface area contributed by atoms with E-state index in [4.69, 9.17) is 9.47 Å². The molecule has 1 aliphatic carbocycles. The SMILES string of the molecule is COc1cc(-c2cnc3cc(C4CCCN4C(C)C)ccn23)cc(OC(F)F)c1C(=O)NC1CC1. The molecule has 2 aliphatic rings. The number of amides is 1. The van der Waals surface area contributed by atoms with E-state index in [0.29, 0.717) is 23.3 Å². The van der Waals surface area contributed by atoms with Crippen LogP contribution >= 0.6 is 0 Å². The first kappa shape index (κ1) is 23.5. The third kappa shape index (κ3) is 4.69. The van der Waals surface area contributed by atoms with Gasteiger partial charge in [-0.1, -0.05) is 0 Å². The molecule has 1 saturated heterocycles. The van der Waals surface area contributed by atoms with Crippen molar-refractivity contribution in [1.29, 1.82) is 0 Å². The molecule has 1 N–H and O–H groups in total. The Balaban J connectivity index is 1.54. The topological polar surface area (TPSA) is 68.1 Å². The summed E-state index contributed by atoms with van der Waals surface area (Å²) in [6, 6.07) is 8.17. The largest absolute Gasteiger partial charge is 0.496 e. The van der Waals surface area contributed by atoms with Gasteiger partial charge in [-0.3, -0.25) is 14.1 Å². The zero-order valence-corrected chi connectivity index (χ0v) is 20.1. The number of aromatic nitrogens is 2. The Hall–Kier alpha value is -3.20. The summed E-state index contributed by atoms with van der Waals surface area (Å²) in [6.07, 6.45) is 7.67.